The van der Waals surface area contributed by atoms with Gasteiger partial charge in [0.2, 0.25) is 11.8 Å². The largest absolute Gasteiger partial charge is 0.350 e. The van der Waals surface area contributed by atoms with Gasteiger partial charge in [-0.15, -0.1) is 11.8 Å². The first-order valence-corrected chi connectivity index (χ1v) is 13.4. The molecule has 4 nitrogen and oxygen atoms in total. The van der Waals surface area contributed by atoms with E-state index in [0.717, 1.165) is 16.7 Å². The molecule has 0 saturated heterocycles. The molecular weight excluding hydrogens is 495 g/mol. The first-order chi connectivity index (χ1) is 17.1. The Kier molecular flexibility index (Phi) is 9.97. The molecule has 0 aliphatic rings. The predicted molar refractivity (Wildman–Crippen MR) is 146 cm³/mol. The van der Waals surface area contributed by atoms with Crippen LogP contribution in [0.5, 0.6) is 0 Å². The summed E-state index contributed by atoms with van der Waals surface area (Å²) in [6, 6.07) is 22.6. The molecule has 0 saturated carbocycles. The normalized spacial score (nSPS) is 12.1. The average molecular weight is 527 g/mol. The monoisotopic (exact) mass is 526 g/mol. The van der Waals surface area contributed by atoms with Crippen LogP contribution >= 0.6 is 23.4 Å². The van der Waals surface area contributed by atoms with E-state index in [1.807, 2.05) is 69.3 Å². The van der Waals surface area contributed by atoms with E-state index >= 15 is 0 Å². The Morgan fingerprint density at radius 2 is 1.58 bits per heavy atom. The van der Waals surface area contributed by atoms with Gasteiger partial charge in [-0.05, 0) is 55.7 Å². The quantitative estimate of drug-likeness (QED) is 0.339. The van der Waals surface area contributed by atoms with E-state index in [1.54, 1.807) is 23.1 Å². The first kappa shape index (κ1) is 27.8. The molecule has 3 aromatic rings. The number of benzene rings is 3. The lowest BCUT2D eigenvalue weighted by molar-refractivity contribution is -0.140. The highest BCUT2D eigenvalue weighted by molar-refractivity contribution is 7.99. The lowest BCUT2D eigenvalue weighted by Crippen LogP contribution is -2.54. The van der Waals surface area contributed by atoms with Crippen LogP contribution in [0.3, 0.4) is 0 Å². The summed E-state index contributed by atoms with van der Waals surface area (Å²) < 4.78 is 13.2. The van der Waals surface area contributed by atoms with E-state index in [9.17, 15) is 14.0 Å². The summed E-state index contributed by atoms with van der Waals surface area (Å²) in [5, 5.41) is 3.60. The van der Waals surface area contributed by atoms with Crippen LogP contribution in [-0.4, -0.2) is 34.0 Å². The molecule has 0 spiro atoms. The maximum absolute atomic E-state index is 13.6. The highest BCUT2D eigenvalue weighted by Crippen LogP contribution is 2.22. The summed E-state index contributed by atoms with van der Waals surface area (Å²) in [5.74, 6) is 0.0704. The van der Waals surface area contributed by atoms with Crippen LogP contribution in [-0.2, 0) is 28.3 Å². The number of carbonyl (C=O) groups excluding carboxylic acids is 2. The molecule has 0 aliphatic heterocycles. The van der Waals surface area contributed by atoms with Gasteiger partial charge in [0.15, 0.2) is 0 Å². The molecule has 190 valence electrons. The summed E-state index contributed by atoms with van der Waals surface area (Å²) in [6.45, 7) is 5.97. The molecule has 3 aromatic carbocycles. The van der Waals surface area contributed by atoms with Crippen molar-refractivity contribution in [2.45, 2.75) is 51.1 Å². The standard InChI is InChI=1S/C29H32ClFN2O2S/c1-29(2,3)32-28(35)26(17-21-9-5-4-6-10-21)33(18-23-11-7-8-12-25(23)30)27(34)20-36-19-22-13-15-24(31)16-14-22/h4-16,26H,17-20H2,1-3H3,(H,32,35)/t26-/m0/s1. The summed E-state index contributed by atoms with van der Waals surface area (Å²) in [6.07, 6.45) is 0.377. The lowest BCUT2D eigenvalue weighted by atomic mass is 10.0. The molecule has 7 heteroatoms. The van der Waals surface area contributed by atoms with E-state index in [1.165, 1.54) is 23.9 Å². The lowest BCUT2D eigenvalue weighted by Gasteiger charge is -2.34. The minimum absolute atomic E-state index is 0.160. The molecule has 0 aromatic heterocycles. The fourth-order valence-corrected chi connectivity index (χ4v) is 4.80. The zero-order valence-electron chi connectivity index (χ0n) is 20.8. The maximum Gasteiger partial charge on any atom is 0.243 e. The minimum Gasteiger partial charge on any atom is -0.350 e. The Labute approximate surface area is 222 Å². The Balaban J connectivity index is 1.87. The SMILES string of the molecule is CC(C)(C)NC(=O)[C@H](Cc1ccccc1)N(Cc1ccccc1Cl)C(=O)CSCc1ccc(F)cc1. The number of hydrogen-bond acceptors (Lipinski definition) is 3. The average Bonchev–Trinajstić information content (AvgIpc) is 2.83. The molecule has 0 fully saturated rings. The second kappa shape index (κ2) is 12.9. The Morgan fingerprint density at radius 1 is 0.944 bits per heavy atom. The van der Waals surface area contributed by atoms with E-state index in [4.69, 9.17) is 11.6 Å². The molecule has 0 aliphatic carbocycles. The third kappa shape index (κ3) is 8.68. The smallest absolute Gasteiger partial charge is 0.243 e. The summed E-state index contributed by atoms with van der Waals surface area (Å²) in [5.41, 5.74) is 2.21. The van der Waals surface area contributed by atoms with Crippen molar-refractivity contribution in [3.8, 4) is 0 Å². The van der Waals surface area contributed by atoms with Crippen molar-refractivity contribution in [2.75, 3.05) is 5.75 Å². The molecule has 2 amide bonds. The summed E-state index contributed by atoms with van der Waals surface area (Å²) >= 11 is 7.88. The van der Waals surface area contributed by atoms with Crippen LogP contribution in [0.2, 0.25) is 5.02 Å². The molecule has 0 heterocycles. The van der Waals surface area contributed by atoms with E-state index in [2.05, 4.69) is 5.32 Å². The fourth-order valence-electron chi connectivity index (χ4n) is 3.74. The number of hydrogen-bond donors (Lipinski definition) is 1. The number of halogens is 2. The van der Waals surface area contributed by atoms with Crippen LogP contribution in [0.15, 0.2) is 78.9 Å². The molecule has 0 bridgehead atoms. The van der Waals surface area contributed by atoms with Gasteiger partial charge in [0, 0.05) is 29.3 Å². The van der Waals surface area contributed by atoms with Crippen LogP contribution in [0.25, 0.3) is 0 Å². The van der Waals surface area contributed by atoms with Crippen molar-refractivity contribution in [2.24, 2.45) is 0 Å². The predicted octanol–water partition coefficient (Wildman–Crippen LogP) is 6.27. The number of nitrogens with zero attached hydrogens (tertiary/aromatic N) is 1. The van der Waals surface area contributed by atoms with Crippen molar-refractivity contribution in [3.63, 3.8) is 0 Å². The van der Waals surface area contributed by atoms with Crippen LogP contribution in [0, 0.1) is 5.82 Å². The third-order valence-electron chi connectivity index (χ3n) is 5.48. The van der Waals surface area contributed by atoms with Crippen LogP contribution in [0.1, 0.15) is 37.5 Å². The van der Waals surface area contributed by atoms with E-state index in [-0.39, 0.29) is 29.9 Å². The molecule has 0 radical (unpaired) electrons. The summed E-state index contributed by atoms with van der Waals surface area (Å²) in [7, 11) is 0. The number of amides is 2. The van der Waals surface area contributed by atoms with Crippen LogP contribution < -0.4 is 5.32 Å². The van der Waals surface area contributed by atoms with Gasteiger partial charge in [0.1, 0.15) is 11.9 Å². The number of thioether (sulfide) groups is 1. The van der Waals surface area contributed by atoms with Gasteiger partial charge in [0.25, 0.3) is 0 Å². The molecule has 1 atom stereocenters. The minimum atomic E-state index is -0.721. The van der Waals surface area contributed by atoms with Crippen LogP contribution in [0.4, 0.5) is 4.39 Å². The van der Waals surface area contributed by atoms with E-state index in [0.29, 0.717) is 17.2 Å². The highest BCUT2D eigenvalue weighted by atomic mass is 35.5. The van der Waals surface area contributed by atoms with Crippen molar-refractivity contribution < 1.29 is 14.0 Å². The van der Waals surface area contributed by atoms with Gasteiger partial charge in [-0.25, -0.2) is 4.39 Å². The first-order valence-electron chi connectivity index (χ1n) is 11.8. The van der Waals surface area contributed by atoms with E-state index < -0.39 is 11.6 Å². The fraction of sp³-hybridized carbons (Fsp3) is 0.310. The molecule has 1 N–H and O–H groups in total. The molecule has 36 heavy (non-hydrogen) atoms. The number of carbonyl (C=O) groups is 2. The van der Waals surface area contributed by atoms with Crippen molar-refractivity contribution in [3.05, 3.63) is 106 Å². The topological polar surface area (TPSA) is 49.4 Å². The Hall–Kier alpha value is -2.83. The van der Waals surface area contributed by atoms with Crippen molar-refractivity contribution in [1.29, 1.82) is 0 Å². The zero-order valence-corrected chi connectivity index (χ0v) is 22.4. The molecular formula is C29H32ClFN2O2S. The number of nitrogens with one attached hydrogen (secondary N) is 1. The van der Waals surface area contributed by atoms with Gasteiger partial charge in [0.05, 0.1) is 5.75 Å². The zero-order chi connectivity index (χ0) is 26.1. The highest BCUT2D eigenvalue weighted by Gasteiger charge is 2.32. The van der Waals surface area contributed by atoms with Gasteiger partial charge < -0.3 is 10.2 Å². The van der Waals surface area contributed by atoms with Crippen molar-refractivity contribution >= 4 is 35.2 Å². The second-order valence-electron chi connectivity index (χ2n) is 9.68. The maximum atomic E-state index is 13.6. The third-order valence-corrected chi connectivity index (χ3v) is 6.83. The summed E-state index contributed by atoms with van der Waals surface area (Å²) in [4.78, 5) is 28.8. The molecule has 0 unspecified atom stereocenters. The Bertz CT molecular complexity index is 1150. The van der Waals surface area contributed by atoms with Gasteiger partial charge in [-0.2, -0.15) is 0 Å². The van der Waals surface area contributed by atoms with Gasteiger partial charge >= 0.3 is 0 Å². The second-order valence-corrected chi connectivity index (χ2v) is 11.1. The van der Waals surface area contributed by atoms with Gasteiger partial charge in [-0.3, -0.25) is 9.59 Å². The molecule has 3 rings (SSSR count). The van der Waals surface area contributed by atoms with Crippen molar-refractivity contribution in [1.82, 2.24) is 10.2 Å². The number of rotatable bonds is 10. The Morgan fingerprint density at radius 3 is 2.22 bits per heavy atom. The van der Waals surface area contributed by atoms with Gasteiger partial charge in [-0.1, -0.05) is 72.3 Å².